The van der Waals surface area contributed by atoms with Crippen molar-refractivity contribution in [2.45, 2.75) is 6.92 Å². The third kappa shape index (κ3) is 4.34. The first-order valence-corrected chi connectivity index (χ1v) is 9.45. The predicted molar refractivity (Wildman–Crippen MR) is 108 cm³/mol. The number of hydrogen-bond donors (Lipinski definition) is 0. The summed E-state index contributed by atoms with van der Waals surface area (Å²) in [5, 5.41) is 0. The van der Waals surface area contributed by atoms with Gasteiger partial charge in [-0.25, -0.2) is 14.4 Å². The molecule has 4 rings (SSSR count). The highest BCUT2D eigenvalue weighted by molar-refractivity contribution is 5.94. The monoisotopic (exact) mass is 392 g/mol. The van der Waals surface area contributed by atoms with Crippen molar-refractivity contribution in [3.8, 4) is 11.6 Å². The topological polar surface area (TPSA) is 58.6 Å². The molecule has 2 heterocycles. The minimum atomic E-state index is -0.304. The molecule has 1 fully saturated rings. The minimum absolute atomic E-state index is 0.0451. The fourth-order valence-corrected chi connectivity index (χ4v) is 3.30. The van der Waals surface area contributed by atoms with Gasteiger partial charge in [-0.2, -0.15) is 0 Å². The largest absolute Gasteiger partial charge is 0.439 e. The van der Waals surface area contributed by atoms with Crippen LogP contribution in [0.15, 0.2) is 60.9 Å². The molecular weight excluding hydrogens is 371 g/mol. The van der Waals surface area contributed by atoms with Gasteiger partial charge in [0.1, 0.15) is 23.7 Å². The van der Waals surface area contributed by atoms with Crippen molar-refractivity contribution in [1.82, 2.24) is 14.9 Å². The number of hydrogen-bond acceptors (Lipinski definition) is 5. The molecule has 0 atom stereocenters. The Labute approximate surface area is 168 Å². The molecule has 6 nitrogen and oxygen atoms in total. The lowest BCUT2D eigenvalue weighted by molar-refractivity contribution is 0.0746. The number of halogens is 1. The third-order valence-corrected chi connectivity index (χ3v) is 4.89. The molecule has 0 saturated carbocycles. The van der Waals surface area contributed by atoms with Gasteiger partial charge in [-0.05, 0) is 42.8 Å². The number of aromatic nitrogens is 2. The van der Waals surface area contributed by atoms with E-state index in [9.17, 15) is 9.18 Å². The Bertz CT molecular complexity index is 1000. The minimum Gasteiger partial charge on any atom is -0.439 e. The fourth-order valence-electron chi connectivity index (χ4n) is 3.30. The van der Waals surface area contributed by atoms with Gasteiger partial charge in [-0.1, -0.05) is 18.2 Å². The summed E-state index contributed by atoms with van der Waals surface area (Å²) < 4.78 is 19.1. The van der Waals surface area contributed by atoms with Crippen LogP contribution in [0.25, 0.3) is 0 Å². The van der Waals surface area contributed by atoms with Crippen LogP contribution in [0.1, 0.15) is 15.9 Å². The molecule has 0 aliphatic carbocycles. The molecule has 1 aromatic heterocycles. The van der Waals surface area contributed by atoms with E-state index < -0.39 is 0 Å². The van der Waals surface area contributed by atoms with Crippen molar-refractivity contribution in [3.05, 3.63) is 77.9 Å². The standard InChI is InChI=1S/C22H21FN4O2/c1-16-13-18(23)7-8-19(16)29-21-14-20(24-15-25-21)26-9-11-27(12-10-26)22(28)17-5-3-2-4-6-17/h2-8,13-15H,9-12H2,1H3. The Kier molecular flexibility index (Phi) is 5.37. The van der Waals surface area contributed by atoms with Crippen LogP contribution in [0.4, 0.5) is 10.2 Å². The first-order valence-electron chi connectivity index (χ1n) is 9.45. The zero-order chi connectivity index (χ0) is 20.2. The predicted octanol–water partition coefficient (Wildman–Crippen LogP) is 3.68. The van der Waals surface area contributed by atoms with Gasteiger partial charge in [0.15, 0.2) is 0 Å². The van der Waals surface area contributed by atoms with E-state index >= 15 is 0 Å². The van der Waals surface area contributed by atoms with Crippen LogP contribution in [0.2, 0.25) is 0 Å². The van der Waals surface area contributed by atoms with Crippen LogP contribution < -0.4 is 9.64 Å². The van der Waals surface area contributed by atoms with Crippen LogP contribution in [0.5, 0.6) is 11.6 Å². The lowest BCUT2D eigenvalue weighted by atomic mass is 10.2. The average Bonchev–Trinajstić information content (AvgIpc) is 2.76. The Balaban J connectivity index is 1.41. The molecule has 0 N–H and O–H groups in total. The van der Waals surface area contributed by atoms with Crippen molar-refractivity contribution in [3.63, 3.8) is 0 Å². The van der Waals surface area contributed by atoms with E-state index in [1.54, 1.807) is 19.1 Å². The van der Waals surface area contributed by atoms with E-state index in [-0.39, 0.29) is 11.7 Å². The number of amides is 1. The Morgan fingerprint density at radius 3 is 2.48 bits per heavy atom. The summed E-state index contributed by atoms with van der Waals surface area (Å²) in [6, 6.07) is 15.4. The molecule has 148 valence electrons. The highest BCUT2D eigenvalue weighted by Crippen LogP contribution is 2.26. The van der Waals surface area contributed by atoms with Gasteiger partial charge in [0.25, 0.3) is 5.91 Å². The number of ether oxygens (including phenoxy) is 1. The SMILES string of the molecule is Cc1cc(F)ccc1Oc1cc(N2CCN(C(=O)c3ccccc3)CC2)ncn1. The van der Waals surface area contributed by atoms with E-state index in [2.05, 4.69) is 14.9 Å². The summed E-state index contributed by atoms with van der Waals surface area (Å²) in [5.41, 5.74) is 1.39. The summed E-state index contributed by atoms with van der Waals surface area (Å²) in [4.78, 5) is 25.0. The molecule has 7 heteroatoms. The second kappa shape index (κ2) is 8.26. The van der Waals surface area contributed by atoms with Crippen LogP contribution >= 0.6 is 0 Å². The molecule has 0 spiro atoms. The molecule has 1 aliphatic rings. The van der Waals surface area contributed by atoms with E-state index in [1.165, 1.54) is 18.5 Å². The van der Waals surface area contributed by atoms with Crippen LogP contribution in [0.3, 0.4) is 0 Å². The summed E-state index contributed by atoms with van der Waals surface area (Å²) in [6.07, 6.45) is 1.45. The Hall–Kier alpha value is -3.48. The van der Waals surface area contributed by atoms with E-state index in [0.29, 0.717) is 48.9 Å². The highest BCUT2D eigenvalue weighted by atomic mass is 19.1. The van der Waals surface area contributed by atoms with Crippen LogP contribution in [-0.4, -0.2) is 47.0 Å². The van der Waals surface area contributed by atoms with Gasteiger partial charge in [-0.3, -0.25) is 4.79 Å². The lowest BCUT2D eigenvalue weighted by Crippen LogP contribution is -2.49. The van der Waals surface area contributed by atoms with Gasteiger partial charge in [0.05, 0.1) is 0 Å². The highest BCUT2D eigenvalue weighted by Gasteiger charge is 2.23. The van der Waals surface area contributed by atoms with Gasteiger partial charge in [0.2, 0.25) is 5.88 Å². The average molecular weight is 392 g/mol. The zero-order valence-corrected chi connectivity index (χ0v) is 16.1. The number of carbonyl (C=O) groups excluding carboxylic acids is 1. The molecule has 1 amide bonds. The maximum absolute atomic E-state index is 13.3. The van der Waals surface area contributed by atoms with Gasteiger partial charge < -0.3 is 14.5 Å². The number of anilines is 1. The van der Waals surface area contributed by atoms with E-state index in [4.69, 9.17) is 4.74 Å². The Morgan fingerprint density at radius 2 is 1.76 bits per heavy atom. The third-order valence-electron chi connectivity index (χ3n) is 4.89. The molecule has 1 saturated heterocycles. The Morgan fingerprint density at radius 1 is 1.00 bits per heavy atom. The molecule has 2 aromatic carbocycles. The fraction of sp³-hybridized carbons (Fsp3) is 0.227. The number of piperazine rings is 1. The molecule has 0 radical (unpaired) electrons. The molecular formula is C22H21FN4O2. The number of nitrogens with zero attached hydrogens (tertiary/aromatic N) is 4. The number of rotatable bonds is 4. The number of aryl methyl sites for hydroxylation is 1. The number of benzene rings is 2. The molecule has 29 heavy (non-hydrogen) atoms. The smallest absolute Gasteiger partial charge is 0.253 e. The van der Waals surface area contributed by atoms with Crippen molar-refractivity contribution in [2.75, 3.05) is 31.1 Å². The van der Waals surface area contributed by atoms with Crippen molar-refractivity contribution in [2.24, 2.45) is 0 Å². The van der Waals surface area contributed by atoms with Crippen LogP contribution in [0, 0.1) is 12.7 Å². The van der Waals surface area contributed by atoms with Crippen LogP contribution in [-0.2, 0) is 0 Å². The molecule has 1 aliphatic heterocycles. The summed E-state index contributed by atoms with van der Waals surface area (Å²) in [5.74, 6) is 1.42. The quantitative estimate of drug-likeness (QED) is 0.678. The maximum atomic E-state index is 13.3. The van der Waals surface area contributed by atoms with E-state index in [1.807, 2.05) is 35.2 Å². The van der Waals surface area contributed by atoms with Gasteiger partial charge in [-0.15, -0.1) is 0 Å². The second-order valence-electron chi connectivity index (χ2n) is 6.87. The molecule has 3 aromatic rings. The molecule has 0 bridgehead atoms. The van der Waals surface area contributed by atoms with Gasteiger partial charge >= 0.3 is 0 Å². The first kappa shape index (κ1) is 18.9. The molecule has 0 unspecified atom stereocenters. The van der Waals surface area contributed by atoms with Gasteiger partial charge in [0, 0.05) is 37.8 Å². The summed E-state index contributed by atoms with van der Waals surface area (Å²) in [6.45, 7) is 4.36. The maximum Gasteiger partial charge on any atom is 0.253 e. The van der Waals surface area contributed by atoms with Crippen molar-refractivity contribution in [1.29, 1.82) is 0 Å². The lowest BCUT2D eigenvalue weighted by Gasteiger charge is -2.35. The summed E-state index contributed by atoms with van der Waals surface area (Å²) >= 11 is 0. The summed E-state index contributed by atoms with van der Waals surface area (Å²) in [7, 11) is 0. The normalized spacial score (nSPS) is 14.0. The van der Waals surface area contributed by atoms with Crippen molar-refractivity contribution < 1.29 is 13.9 Å². The first-order chi connectivity index (χ1) is 14.1. The number of carbonyl (C=O) groups is 1. The van der Waals surface area contributed by atoms with Crippen molar-refractivity contribution >= 4 is 11.7 Å². The second-order valence-corrected chi connectivity index (χ2v) is 6.87. The zero-order valence-electron chi connectivity index (χ0n) is 16.1. The van der Waals surface area contributed by atoms with E-state index in [0.717, 1.165) is 5.82 Å².